The Kier molecular flexibility index (Phi) is 2.48. The van der Waals surface area contributed by atoms with Gasteiger partial charge in [-0.2, -0.15) is 13.1 Å². The predicted octanol–water partition coefficient (Wildman–Crippen LogP) is 0.699. The van der Waals surface area contributed by atoms with Gasteiger partial charge in [0.25, 0.3) is 0 Å². The number of nitrogens with zero attached hydrogens (tertiary/aromatic N) is 1. The van der Waals surface area contributed by atoms with Crippen LogP contribution in [0.15, 0.2) is 18.2 Å². The van der Waals surface area contributed by atoms with Gasteiger partial charge < -0.3 is 5.32 Å². The topological polar surface area (TPSA) is 61.4 Å². The van der Waals surface area contributed by atoms with Crippen molar-refractivity contribution in [3.63, 3.8) is 0 Å². The monoisotopic (exact) mass is 253 g/mol. The summed E-state index contributed by atoms with van der Waals surface area (Å²) in [7, 11) is -3.30. The largest absolute Gasteiger partial charge is 0.385 e. The van der Waals surface area contributed by atoms with Crippen LogP contribution in [0.2, 0.25) is 0 Å². The zero-order chi connectivity index (χ0) is 11.9. The van der Waals surface area contributed by atoms with Gasteiger partial charge in [-0.15, -0.1) is 0 Å². The van der Waals surface area contributed by atoms with E-state index in [9.17, 15) is 8.42 Å². The molecular formula is C11H15N3O2S. The van der Waals surface area contributed by atoms with Crippen molar-refractivity contribution in [1.29, 1.82) is 0 Å². The minimum Gasteiger partial charge on any atom is -0.385 e. The first-order valence-corrected chi connectivity index (χ1v) is 7.25. The molecule has 2 aliphatic rings. The zero-order valence-corrected chi connectivity index (χ0v) is 10.3. The van der Waals surface area contributed by atoms with Crippen molar-refractivity contribution >= 4 is 21.6 Å². The van der Waals surface area contributed by atoms with Crippen LogP contribution in [-0.4, -0.2) is 28.1 Å². The lowest BCUT2D eigenvalue weighted by Gasteiger charge is -2.22. The fourth-order valence-corrected chi connectivity index (χ4v) is 3.59. The molecule has 0 bridgehead atoms. The molecule has 1 saturated heterocycles. The van der Waals surface area contributed by atoms with Crippen LogP contribution in [0.1, 0.15) is 12.0 Å². The number of fused-ring (bicyclic) bond motifs is 1. The Morgan fingerprint density at radius 1 is 1.24 bits per heavy atom. The van der Waals surface area contributed by atoms with E-state index >= 15 is 0 Å². The summed E-state index contributed by atoms with van der Waals surface area (Å²) in [6.45, 7) is 1.99. The van der Waals surface area contributed by atoms with Gasteiger partial charge in [0.15, 0.2) is 0 Å². The van der Waals surface area contributed by atoms with Crippen LogP contribution in [0.25, 0.3) is 0 Å². The molecule has 6 heteroatoms. The molecule has 17 heavy (non-hydrogen) atoms. The second-order valence-corrected chi connectivity index (χ2v) is 6.02. The van der Waals surface area contributed by atoms with Gasteiger partial charge in [0.05, 0.1) is 5.69 Å². The lowest BCUT2D eigenvalue weighted by molar-refractivity contribution is 0.591. The highest BCUT2D eigenvalue weighted by Gasteiger charge is 2.28. The molecule has 0 amide bonds. The molecule has 0 atom stereocenters. The molecule has 2 N–H and O–H groups in total. The van der Waals surface area contributed by atoms with Crippen LogP contribution < -0.4 is 14.3 Å². The van der Waals surface area contributed by atoms with Crippen molar-refractivity contribution < 1.29 is 8.42 Å². The number of benzene rings is 1. The molecule has 2 heterocycles. The summed E-state index contributed by atoms with van der Waals surface area (Å²) in [5.41, 5.74) is 3.10. The molecule has 0 aromatic heterocycles. The van der Waals surface area contributed by atoms with Crippen LogP contribution >= 0.6 is 0 Å². The normalized spacial score (nSPS) is 22.0. The van der Waals surface area contributed by atoms with Gasteiger partial charge in [-0.25, -0.2) is 0 Å². The highest BCUT2D eigenvalue weighted by Crippen LogP contribution is 2.28. The molecule has 0 saturated carbocycles. The first-order valence-electron chi connectivity index (χ1n) is 5.81. The summed E-state index contributed by atoms with van der Waals surface area (Å²) in [5.74, 6) is 0. The number of hydrogen-bond donors (Lipinski definition) is 2. The SMILES string of the molecule is O=S1(=O)NCCN1c1ccc2c(c1)CCCN2. The maximum absolute atomic E-state index is 11.7. The Morgan fingerprint density at radius 3 is 2.88 bits per heavy atom. The Hall–Kier alpha value is -1.27. The van der Waals surface area contributed by atoms with E-state index in [0.29, 0.717) is 13.1 Å². The van der Waals surface area contributed by atoms with Crippen molar-refractivity contribution in [2.75, 3.05) is 29.3 Å². The number of aryl methyl sites for hydroxylation is 1. The van der Waals surface area contributed by atoms with Gasteiger partial charge in [-0.05, 0) is 36.6 Å². The Labute approximate surface area is 101 Å². The molecule has 2 aliphatic heterocycles. The van der Waals surface area contributed by atoms with Gasteiger partial charge >= 0.3 is 10.2 Å². The molecule has 1 aromatic carbocycles. The standard InChI is InChI=1S/C11H15N3O2S/c15-17(16)13-6-7-14(17)10-3-4-11-9(8-10)2-1-5-12-11/h3-4,8,12-13H,1-2,5-7H2. The molecule has 5 nitrogen and oxygen atoms in total. The summed E-state index contributed by atoms with van der Waals surface area (Å²) < 4.78 is 27.4. The summed E-state index contributed by atoms with van der Waals surface area (Å²) in [5, 5.41) is 3.32. The van der Waals surface area contributed by atoms with Gasteiger partial charge in [0.2, 0.25) is 0 Å². The molecule has 0 aliphatic carbocycles. The number of nitrogens with one attached hydrogen (secondary N) is 2. The zero-order valence-electron chi connectivity index (χ0n) is 9.44. The smallest absolute Gasteiger partial charge is 0.301 e. The van der Waals surface area contributed by atoms with Crippen LogP contribution in [0, 0.1) is 0 Å². The molecule has 1 fully saturated rings. The maximum Gasteiger partial charge on any atom is 0.301 e. The minimum atomic E-state index is -3.30. The molecule has 92 valence electrons. The number of rotatable bonds is 1. The average Bonchev–Trinajstić information content (AvgIpc) is 2.68. The fraction of sp³-hybridized carbons (Fsp3) is 0.455. The Bertz CT molecular complexity index is 542. The first-order chi connectivity index (χ1) is 8.17. The van der Waals surface area contributed by atoms with Crippen molar-refractivity contribution in [3.05, 3.63) is 23.8 Å². The van der Waals surface area contributed by atoms with Gasteiger partial charge in [-0.1, -0.05) is 0 Å². The third kappa shape index (κ3) is 1.87. The second kappa shape index (κ2) is 3.89. The summed E-state index contributed by atoms with van der Waals surface area (Å²) in [6, 6.07) is 5.81. The molecule has 3 rings (SSSR count). The van der Waals surface area contributed by atoms with Crippen LogP contribution in [-0.2, 0) is 16.6 Å². The van der Waals surface area contributed by atoms with Gasteiger partial charge in [0, 0.05) is 25.3 Å². The van der Waals surface area contributed by atoms with E-state index in [1.165, 1.54) is 9.87 Å². The molecule has 0 unspecified atom stereocenters. The minimum absolute atomic E-state index is 0.484. The lowest BCUT2D eigenvalue weighted by atomic mass is 10.0. The average molecular weight is 253 g/mol. The molecule has 0 spiro atoms. The van der Waals surface area contributed by atoms with E-state index in [0.717, 1.165) is 30.8 Å². The van der Waals surface area contributed by atoms with Crippen LogP contribution in [0.4, 0.5) is 11.4 Å². The third-order valence-corrected chi connectivity index (χ3v) is 4.75. The van der Waals surface area contributed by atoms with Crippen LogP contribution in [0.3, 0.4) is 0 Å². The van der Waals surface area contributed by atoms with E-state index in [1.807, 2.05) is 18.2 Å². The highest BCUT2D eigenvalue weighted by atomic mass is 32.2. The van der Waals surface area contributed by atoms with E-state index in [4.69, 9.17) is 0 Å². The molecule has 1 aromatic rings. The fourth-order valence-electron chi connectivity index (χ4n) is 2.36. The van der Waals surface area contributed by atoms with Crippen molar-refractivity contribution in [2.45, 2.75) is 12.8 Å². The number of anilines is 2. The van der Waals surface area contributed by atoms with E-state index in [1.54, 1.807) is 0 Å². The van der Waals surface area contributed by atoms with Crippen molar-refractivity contribution in [1.82, 2.24) is 4.72 Å². The van der Waals surface area contributed by atoms with E-state index in [-0.39, 0.29) is 0 Å². The van der Waals surface area contributed by atoms with Gasteiger partial charge in [-0.3, -0.25) is 4.31 Å². The first kappa shape index (κ1) is 10.9. The van der Waals surface area contributed by atoms with Gasteiger partial charge in [0.1, 0.15) is 0 Å². The van der Waals surface area contributed by atoms with E-state index < -0.39 is 10.2 Å². The molecule has 0 radical (unpaired) electrons. The number of hydrogen-bond acceptors (Lipinski definition) is 3. The quantitative estimate of drug-likeness (QED) is 0.774. The Balaban J connectivity index is 1.99. The second-order valence-electron chi connectivity index (χ2n) is 4.34. The lowest BCUT2D eigenvalue weighted by Crippen LogP contribution is -2.29. The molecular weight excluding hydrogens is 238 g/mol. The summed E-state index contributed by atoms with van der Waals surface area (Å²) >= 11 is 0. The van der Waals surface area contributed by atoms with Crippen molar-refractivity contribution in [2.24, 2.45) is 0 Å². The van der Waals surface area contributed by atoms with Crippen LogP contribution in [0.5, 0.6) is 0 Å². The maximum atomic E-state index is 11.7. The summed E-state index contributed by atoms with van der Waals surface area (Å²) in [6.07, 6.45) is 2.11. The predicted molar refractivity (Wildman–Crippen MR) is 67.5 cm³/mol. The van der Waals surface area contributed by atoms with E-state index in [2.05, 4.69) is 10.0 Å². The third-order valence-electron chi connectivity index (χ3n) is 3.20. The highest BCUT2D eigenvalue weighted by molar-refractivity contribution is 7.91. The Morgan fingerprint density at radius 2 is 2.12 bits per heavy atom. The van der Waals surface area contributed by atoms with Crippen molar-refractivity contribution in [3.8, 4) is 0 Å². The summed E-state index contributed by atoms with van der Waals surface area (Å²) in [4.78, 5) is 0.